The van der Waals surface area contributed by atoms with Crippen LogP contribution in [0.3, 0.4) is 0 Å². The first-order valence-electron chi connectivity index (χ1n) is 6.00. The van der Waals surface area contributed by atoms with Crippen molar-refractivity contribution >= 4 is 15.9 Å². The lowest BCUT2D eigenvalue weighted by atomic mass is 9.96. The summed E-state index contributed by atoms with van der Waals surface area (Å²) in [5.74, 6) is 2.35. The second kappa shape index (κ2) is 6.90. The summed E-state index contributed by atoms with van der Waals surface area (Å²) in [6, 6.07) is 5.93. The maximum atomic E-state index is 5.41. The summed E-state index contributed by atoms with van der Waals surface area (Å²) in [6.45, 7) is 4.46. The molecule has 0 aliphatic heterocycles. The van der Waals surface area contributed by atoms with Crippen LogP contribution in [0.15, 0.2) is 18.2 Å². The van der Waals surface area contributed by atoms with E-state index >= 15 is 0 Å². The fourth-order valence-corrected chi connectivity index (χ4v) is 2.59. The van der Waals surface area contributed by atoms with E-state index in [4.69, 9.17) is 9.47 Å². The molecule has 0 saturated carbocycles. The summed E-state index contributed by atoms with van der Waals surface area (Å²) in [6.07, 6.45) is 2.38. The van der Waals surface area contributed by atoms with E-state index in [1.807, 2.05) is 18.2 Å². The lowest BCUT2D eigenvalue weighted by molar-refractivity contribution is 0.393. The second-order valence-electron chi connectivity index (χ2n) is 4.28. The number of benzene rings is 1. The van der Waals surface area contributed by atoms with Gasteiger partial charge in [0.05, 0.1) is 14.2 Å². The van der Waals surface area contributed by atoms with Crippen LogP contribution in [-0.4, -0.2) is 14.2 Å². The number of alkyl halides is 1. The standard InChI is InChI=1S/C14H21BrO2/c1-5-6-10(2)14(15)12-9-11(16-3)7-8-13(12)17-4/h7-10,14H,5-6H2,1-4H3. The van der Waals surface area contributed by atoms with Crippen LogP contribution in [0.1, 0.15) is 37.1 Å². The Balaban J connectivity index is 3.00. The molecule has 0 aliphatic carbocycles. The van der Waals surface area contributed by atoms with Gasteiger partial charge in [-0.05, 0) is 30.5 Å². The highest BCUT2D eigenvalue weighted by atomic mass is 79.9. The number of rotatable bonds is 6. The Morgan fingerprint density at radius 1 is 1.24 bits per heavy atom. The van der Waals surface area contributed by atoms with Crippen molar-refractivity contribution in [2.75, 3.05) is 14.2 Å². The van der Waals surface area contributed by atoms with Gasteiger partial charge in [0.25, 0.3) is 0 Å². The molecular weight excluding hydrogens is 280 g/mol. The van der Waals surface area contributed by atoms with Crippen molar-refractivity contribution < 1.29 is 9.47 Å². The molecule has 0 saturated heterocycles. The van der Waals surface area contributed by atoms with Gasteiger partial charge in [-0.25, -0.2) is 0 Å². The quantitative estimate of drug-likeness (QED) is 0.716. The van der Waals surface area contributed by atoms with Crippen LogP contribution in [-0.2, 0) is 0 Å². The zero-order chi connectivity index (χ0) is 12.8. The molecule has 0 aliphatic rings. The maximum absolute atomic E-state index is 5.41. The van der Waals surface area contributed by atoms with Crippen LogP contribution < -0.4 is 9.47 Å². The molecule has 17 heavy (non-hydrogen) atoms. The number of ether oxygens (including phenoxy) is 2. The van der Waals surface area contributed by atoms with E-state index in [0.29, 0.717) is 10.7 Å². The monoisotopic (exact) mass is 300 g/mol. The van der Waals surface area contributed by atoms with Crippen molar-refractivity contribution in [3.05, 3.63) is 23.8 Å². The van der Waals surface area contributed by atoms with Crippen molar-refractivity contribution in [3.8, 4) is 11.5 Å². The Morgan fingerprint density at radius 3 is 2.47 bits per heavy atom. The fraction of sp³-hybridized carbons (Fsp3) is 0.571. The number of hydrogen-bond donors (Lipinski definition) is 0. The molecule has 1 rings (SSSR count). The third-order valence-electron chi connectivity index (χ3n) is 2.98. The Morgan fingerprint density at radius 2 is 1.94 bits per heavy atom. The van der Waals surface area contributed by atoms with E-state index in [1.54, 1.807) is 14.2 Å². The van der Waals surface area contributed by atoms with Gasteiger partial charge >= 0.3 is 0 Å². The van der Waals surface area contributed by atoms with Crippen LogP contribution in [0, 0.1) is 5.92 Å². The Kier molecular flexibility index (Phi) is 5.83. The average molecular weight is 301 g/mol. The number of hydrogen-bond acceptors (Lipinski definition) is 2. The van der Waals surface area contributed by atoms with Crippen molar-refractivity contribution in [3.63, 3.8) is 0 Å². The molecule has 1 aromatic carbocycles. The van der Waals surface area contributed by atoms with Crippen LogP contribution >= 0.6 is 15.9 Å². The first kappa shape index (κ1) is 14.4. The predicted octanol–water partition coefficient (Wildman–Crippen LogP) is 4.58. The predicted molar refractivity (Wildman–Crippen MR) is 75.3 cm³/mol. The molecule has 1 aromatic rings. The minimum absolute atomic E-state index is 0.299. The summed E-state index contributed by atoms with van der Waals surface area (Å²) >= 11 is 3.77. The summed E-state index contributed by atoms with van der Waals surface area (Å²) < 4.78 is 10.7. The molecule has 2 nitrogen and oxygen atoms in total. The molecule has 2 atom stereocenters. The van der Waals surface area contributed by atoms with Gasteiger partial charge in [-0.3, -0.25) is 0 Å². The van der Waals surface area contributed by atoms with Gasteiger partial charge in [0.2, 0.25) is 0 Å². The summed E-state index contributed by atoms with van der Waals surface area (Å²) in [5.41, 5.74) is 1.16. The summed E-state index contributed by atoms with van der Waals surface area (Å²) in [5, 5.41) is 0. The second-order valence-corrected chi connectivity index (χ2v) is 5.26. The zero-order valence-electron chi connectivity index (χ0n) is 11.0. The van der Waals surface area contributed by atoms with Gasteiger partial charge in [0.1, 0.15) is 11.5 Å². The highest BCUT2D eigenvalue weighted by Crippen LogP contribution is 2.40. The van der Waals surface area contributed by atoms with Gasteiger partial charge < -0.3 is 9.47 Å². The summed E-state index contributed by atoms with van der Waals surface area (Å²) in [4.78, 5) is 0.299. The van der Waals surface area contributed by atoms with E-state index in [-0.39, 0.29) is 0 Å². The number of halogens is 1. The topological polar surface area (TPSA) is 18.5 Å². The maximum Gasteiger partial charge on any atom is 0.123 e. The molecule has 0 amide bonds. The van der Waals surface area contributed by atoms with E-state index in [9.17, 15) is 0 Å². The minimum atomic E-state index is 0.299. The third kappa shape index (κ3) is 3.63. The van der Waals surface area contributed by atoms with E-state index in [0.717, 1.165) is 17.1 Å². The highest BCUT2D eigenvalue weighted by molar-refractivity contribution is 9.09. The lowest BCUT2D eigenvalue weighted by Crippen LogP contribution is -2.05. The van der Waals surface area contributed by atoms with Crippen molar-refractivity contribution in [1.29, 1.82) is 0 Å². The Bertz CT molecular complexity index is 352. The van der Waals surface area contributed by atoms with Gasteiger partial charge in [-0.15, -0.1) is 0 Å². The van der Waals surface area contributed by atoms with Gasteiger partial charge in [0, 0.05) is 10.4 Å². The molecule has 3 heteroatoms. The normalized spacial score (nSPS) is 14.2. The lowest BCUT2D eigenvalue weighted by Gasteiger charge is -2.21. The molecule has 96 valence electrons. The van der Waals surface area contributed by atoms with E-state index < -0.39 is 0 Å². The molecule has 0 aromatic heterocycles. The summed E-state index contributed by atoms with van der Waals surface area (Å²) in [7, 11) is 3.39. The van der Waals surface area contributed by atoms with E-state index in [1.165, 1.54) is 12.8 Å². The van der Waals surface area contributed by atoms with Crippen LogP contribution in [0.5, 0.6) is 11.5 Å². The molecule has 0 heterocycles. The first-order chi connectivity index (χ1) is 8.13. The Hall–Kier alpha value is -0.700. The first-order valence-corrected chi connectivity index (χ1v) is 6.91. The molecule has 0 bridgehead atoms. The highest BCUT2D eigenvalue weighted by Gasteiger charge is 2.19. The Labute approximate surface area is 112 Å². The van der Waals surface area contributed by atoms with Gasteiger partial charge in [0.15, 0.2) is 0 Å². The van der Waals surface area contributed by atoms with Crippen molar-refractivity contribution in [2.45, 2.75) is 31.5 Å². The number of methoxy groups -OCH3 is 2. The molecule has 0 radical (unpaired) electrons. The van der Waals surface area contributed by atoms with Crippen molar-refractivity contribution in [1.82, 2.24) is 0 Å². The van der Waals surface area contributed by atoms with Gasteiger partial charge in [-0.1, -0.05) is 36.2 Å². The largest absolute Gasteiger partial charge is 0.497 e. The molecule has 0 fully saturated rings. The SMILES string of the molecule is CCCC(C)C(Br)c1cc(OC)ccc1OC. The molecule has 0 spiro atoms. The smallest absolute Gasteiger partial charge is 0.123 e. The third-order valence-corrected chi connectivity index (χ3v) is 4.37. The fourth-order valence-electron chi connectivity index (χ4n) is 1.96. The van der Waals surface area contributed by atoms with Gasteiger partial charge in [-0.2, -0.15) is 0 Å². The molecule has 2 unspecified atom stereocenters. The minimum Gasteiger partial charge on any atom is -0.497 e. The molecule has 0 N–H and O–H groups in total. The molecular formula is C14H21BrO2. The van der Waals surface area contributed by atoms with Crippen LogP contribution in [0.25, 0.3) is 0 Å². The zero-order valence-corrected chi connectivity index (χ0v) is 12.6. The average Bonchev–Trinajstić information content (AvgIpc) is 2.37. The van der Waals surface area contributed by atoms with Crippen LogP contribution in [0.4, 0.5) is 0 Å². The van der Waals surface area contributed by atoms with Crippen LogP contribution in [0.2, 0.25) is 0 Å². The van der Waals surface area contributed by atoms with Crippen molar-refractivity contribution in [2.24, 2.45) is 5.92 Å². The van der Waals surface area contributed by atoms with E-state index in [2.05, 4.69) is 29.8 Å².